The van der Waals surface area contributed by atoms with Crippen LogP contribution in [0.3, 0.4) is 0 Å². The van der Waals surface area contributed by atoms with Crippen LogP contribution in [-0.2, 0) is 6.54 Å². The lowest BCUT2D eigenvalue weighted by Gasteiger charge is -2.16. The fraction of sp³-hybridized carbons (Fsp3) is 0.167. The SMILES string of the molecule is CN(Cc1ncc[nH]1)C(=O)c1cc(NN)ccc1[N+](=O)[O-]. The van der Waals surface area contributed by atoms with Gasteiger partial charge in [0.25, 0.3) is 11.6 Å². The van der Waals surface area contributed by atoms with Crippen LogP contribution in [0.15, 0.2) is 30.6 Å². The Hall–Kier alpha value is -2.94. The Labute approximate surface area is 119 Å². The number of H-pyrrole nitrogens is 1. The summed E-state index contributed by atoms with van der Waals surface area (Å²) in [7, 11) is 1.54. The molecule has 0 atom stereocenters. The second-order valence-corrected chi connectivity index (χ2v) is 4.33. The predicted molar refractivity (Wildman–Crippen MR) is 75.3 cm³/mol. The number of nitrogen functional groups attached to an aromatic ring is 1. The van der Waals surface area contributed by atoms with Crippen molar-refractivity contribution in [3.63, 3.8) is 0 Å². The number of rotatable bonds is 5. The summed E-state index contributed by atoms with van der Waals surface area (Å²) < 4.78 is 0. The minimum Gasteiger partial charge on any atom is -0.347 e. The van der Waals surface area contributed by atoms with Gasteiger partial charge < -0.3 is 15.3 Å². The smallest absolute Gasteiger partial charge is 0.282 e. The average Bonchev–Trinajstić information content (AvgIpc) is 2.98. The van der Waals surface area contributed by atoms with Gasteiger partial charge in [-0.1, -0.05) is 0 Å². The van der Waals surface area contributed by atoms with Crippen LogP contribution in [-0.4, -0.2) is 32.7 Å². The normalized spacial score (nSPS) is 10.2. The van der Waals surface area contributed by atoms with Gasteiger partial charge in [0, 0.05) is 31.2 Å². The topological polar surface area (TPSA) is 130 Å². The number of hydrazine groups is 1. The van der Waals surface area contributed by atoms with Gasteiger partial charge in [0.2, 0.25) is 0 Å². The van der Waals surface area contributed by atoms with Crippen molar-refractivity contribution in [3.8, 4) is 0 Å². The highest BCUT2D eigenvalue weighted by molar-refractivity contribution is 5.98. The number of carbonyl (C=O) groups excluding carboxylic acids is 1. The van der Waals surface area contributed by atoms with E-state index in [0.29, 0.717) is 11.5 Å². The molecule has 0 spiro atoms. The van der Waals surface area contributed by atoms with Gasteiger partial charge in [-0.25, -0.2) is 4.98 Å². The Morgan fingerprint density at radius 3 is 2.90 bits per heavy atom. The Balaban J connectivity index is 2.30. The first-order valence-electron chi connectivity index (χ1n) is 6.01. The van der Waals surface area contributed by atoms with Gasteiger partial charge in [0.05, 0.1) is 11.5 Å². The first-order chi connectivity index (χ1) is 10.0. The van der Waals surface area contributed by atoms with E-state index < -0.39 is 10.8 Å². The molecular weight excluding hydrogens is 276 g/mol. The molecule has 9 nitrogen and oxygen atoms in total. The Morgan fingerprint density at radius 2 is 2.33 bits per heavy atom. The number of benzene rings is 1. The third kappa shape index (κ3) is 3.15. The number of hydrogen-bond acceptors (Lipinski definition) is 6. The lowest BCUT2D eigenvalue weighted by Crippen LogP contribution is -2.27. The third-order valence-electron chi connectivity index (χ3n) is 2.88. The van der Waals surface area contributed by atoms with E-state index in [9.17, 15) is 14.9 Å². The molecule has 4 N–H and O–H groups in total. The van der Waals surface area contributed by atoms with Crippen molar-refractivity contribution >= 4 is 17.3 Å². The fourth-order valence-electron chi connectivity index (χ4n) is 1.84. The number of nitro benzene ring substituents is 1. The van der Waals surface area contributed by atoms with E-state index in [2.05, 4.69) is 15.4 Å². The molecular formula is C12H14N6O3. The zero-order valence-electron chi connectivity index (χ0n) is 11.2. The largest absolute Gasteiger partial charge is 0.347 e. The van der Waals surface area contributed by atoms with Crippen LogP contribution in [0.2, 0.25) is 0 Å². The number of imidazole rings is 1. The van der Waals surface area contributed by atoms with E-state index in [4.69, 9.17) is 5.84 Å². The fourth-order valence-corrected chi connectivity index (χ4v) is 1.84. The first-order valence-corrected chi connectivity index (χ1v) is 6.01. The molecule has 1 heterocycles. The molecule has 21 heavy (non-hydrogen) atoms. The molecule has 0 fully saturated rings. The number of hydrogen-bond donors (Lipinski definition) is 3. The summed E-state index contributed by atoms with van der Waals surface area (Å²) in [5.74, 6) is 5.37. The average molecular weight is 290 g/mol. The summed E-state index contributed by atoms with van der Waals surface area (Å²) in [6.45, 7) is 0.212. The standard InChI is InChI=1S/C12H14N6O3/c1-17(7-11-14-4-5-15-11)12(19)9-6-8(16-13)2-3-10(9)18(20)21/h2-6,16H,7,13H2,1H3,(H,14,15). The van der Waals surface area contributed by atoms with Crippen molar-refractivity contribution < 1.29 is 9.72 Å². The van der Waals surface area contributed by atoms with Crippen molar-refractivity contribution in [2.24, 2.45) is 5.84 Å². The maximum absolute atomic E-state index is 12.4. The third-order valence-corrected chi connectivity index (χ3v) is 2.88. The van der Waals surface area contributed by atoms with Gasteiger partial charge in [-0.3, -0.25) is 20.8 Å². The Morgan fingerprint density at radius 1 is 1.57 bits per heavy atom. The van der Waals surface area contributed by atoms with Crippen LogP contribution in [0.25, 0.3) is 0 Å². The van der Waals surface area contributed by atoms with Gasteiger partial charge in [-0.2, -0.15) is 0 Å². The zero-order valence-corrected chi connectivity index (χ0v) is 11.2. The lowest BCUT2D eigenvalue weighted by molar-refractivity contribution is -0.385. The molecule has 2 aromatic rings. The molecule has 0 bridgehead atoms. The highest BCUT2D eigenvalue weighted by Crippen LogP contribution is 2.23. The molecule has 0 unspecified atom stereocenters. The van der Waals surface area contributed by atoms with Gasteiger partial charge in [-0.05, 0) is 12.1 Å². The molecule has 0 radical (unpaired) electrons. The second-order valence-electron chi connectivity index (χ2n) is 4.33. The Kier molecular flexibility index (Phi) is 4.14. The molecule has 0 saturated heterocycles. The summed E-state index contributed by atoms with van der Waals surface area (Å²) in [4.78, 5) is 31.0. The van der Waals surface area contributed by atoms with Crippen molar-refractivity contribution in [2.75, 3.05) is 12.5 Å². The van der Waals surface area contributed by atoms with Crippen LogP contribution in [0, 0.1) is 10.1 Å². The van der Waals surface area contributed by atoms with Crippen LogP contribution in [0.1, 0.15) is 16.2 Å². The van der Waals surface area contributed by atoms with Crippen molar-refractivity contribution in [2.45, 2.75) is 6.54 Å². The number of nitro groups is 1. The summed E-state index contributed by atoms with van der Waals surface area (Å²) in [6, 6.07) is 4.02. The number of carbonyl (C=O) groups is 1. The zero-order chi connectivity index (χ0) is 15.4. The quantitative estimate of drug-likeness (QED) is 0.425. The summed E-state index contributed by atoms with van der Waals surface area (Å²) in [5.41, 5.74) is 2.46. The Bertz CT molecular complexity index is 655. The summed E-state index contributed by atoms with van der Waals surface area (Å²) >= 11 is 0. The number of aromatic amines is 1. The number of nitrogens with two attached hydrogens (primary N) is 1. The predicted octanol–water partition coefficient (Wildman–Crippen LogP) is 0.876. The number of aromatic nitrogens is 2. The van der Waals surface area contributed by atoms with Crippen LogP contribution in [0.5, 0.6) is 0 Å². The van der Waals surface area contributed by atoms with E-state index in [1.54, 1.807) is 12.4 Å². The molecule has 0 aliphatic heterocycles. The van der Waals surface area contributed by atoms with E-state index in [1.165, 1.54) is 30.1 Å². The molecule has 0 saturated carbocycles. The van der Waals surface area contributed by atoms with Crippen LogP contribution in [0.4, 0.5) is 11.4 Å². The van der Waals surface area contributed by atoms with Crippen molar-refractivity contribution in [1.82, 2.24) is 14.9 Å². The highest BCUT2D eigenvalue weighted by Gasteiger charge is 2.23. The molecule has 110 valence electrons. The lowest BCUT2D eigenvalue weighted by atomic mass is 10.1. The maximum atomic E-state index is 12.4. The molecule has 1 amide bonds. The van der Waals surface area contributed by atoms with E-state index in [1.807, 2.05) is 0 Å². The van der Waals surface area contributed by atoms with Gasteiger partial charge in [0.15, 0.2) is 0 Å². The van der Waals surface area contributed by atoms with Crippen LogP contribution >= 0.6 is 0 Å². The molecule has 1 aromatic carbocycles. The molecule has 0 aliphatic rings. The maximum Gasteiger partial charge on any atom is 0.282 e. The minimum absolute atomic E-state index is 0.0375. The van der Waals surface area contributed by atoms with E-state index in [0.717, 1.165) is 0 Å². The van der Waals surface area contributed by atoms with Gasteiger partial charge in [0.1, 0.15) is 11.4 Å². The monoisotopic (exact) mass is 290 g/mol. The van der Waals surface area contributed by atoms with Crippen molar-refractivity contribution in [3.05, 3.63) is 52.1 Å². The summed E-state index contributed by atoms with van der Waals surface area (Å²) in [6.07, 6.45) is 3.20. The van der Waals surface area contributed by atoms with Gasteiger partial charge >= 0.3 is 0 Å². The highest BCUT2D eigenvalue weighted by atomic mass is 16.6. The first kappa shape index (κ1) is 14.5. The molecule has 9 heteroatoms. The molecule has 1 aromatic heterocycles. The number of nitrogens with zero attached hydrogens (tertiary/aromatic N) is 3. The summed E-state index contributed by atoms with van der Waals surface area (Å²) in [5, 5.41) is 11.0. The molecule has 2 rings (SSSR count). The minimum atomic E-state index is -0.603. The van der Waals surface area contributed by atoms with Gasteiger partial charge in [-0.15, -0.1) is 0 Å². The second kappa shape index (κ2) is 6.01. The van der Waals surface area contributed by atoms with Crippen LogP contribution < -0.4 is 11.3 Å². The number of anilines is 1. The van der Waals surface area contributed by atoms with Crippen molar-refractivity contribution in [1.29, 1.82) is 0 Å². The number of amides is 1. The molecule has 0 aliphatic carbocycles. The van der Waals surface area contributed by atoms with E-state index in [-0.39, 0.29) is 17.8 Å². The van der Waals surface area contributed by atoms with E-state index >= 15 is 0 Å². The number of nitrogens with one attached hydrogen (secondary N) is 2.